The van der Waals surface area contributed by atoms with Gasteiger partial charge in [-0.05, 0) is 23.1 Å². The molecule has 0 aliphatic rings. The largest absolute Gasteiger partial charge is 0.186 e. The number of fused-ring (bicyclic) bond motifs is 1. The van der Waals surface area contributed by atoms with Crippen LogP contribution in [0.4, 0.5) is 0 Å². The third-order valence-corrected chi connectivity index (χ3v) is 2.65. The Labute approximate surface area is 69.2 Å². The third kappa shape index (κ3) is 1.12. The molecule has 0 N–H and O–H groups in total. The highest BCUT2D eigenvalue weighted by Crippen LogP contribution is 2.11. The van der Waals surface area contributed by atoms with Gasteiger partial charge >= 0.3 is 0 Å². The van der Waals surface area contributed by atoms with Gasteiger partial charge in [0, 0.05) is 5.10 Å². The molecular weight excluding hydrogens is 156 g/mol. The Kier molecular flexibility index (Phi) is 1.58. The predicted octanol–water partition coefficient (Wildman–Crippen LogP) is 1.60. The fraction of sp³-hybridized carbons (Fsp3) is 0.250. The first kappa shape index (κ1) is 6.73. The molecule has 1 heterocycles. The van der Waals surface area contributed by atoms with E-state index in [1.165, 1.54) is 4.70 Å². The molecule has 11 heavy (non-hydrogen) atoms. The molecule has 3 heteroatoms. The van der Waals surface area contributed by atoms with E-state index in [1.807, 2.05) is 22.3 Å². The molecule has 0 aliphatic carbocycles. The van der Waals surface area contributed by atoms with E-state index in [1.54, 1.807) is 11.5 Å². The number of aromatic nitrogens is 2. The zero-order valence-corrected chi connectivity index (χ0v) is 7.14. The summed E-state index contributed by atoms with van der Waals surface area (Å²) in [5, 5.41) is 4.37. The van der Waals surface area contributed by atoms with E-state index in [0.717, 1.165) is 12.1 Å². The normalized spacial score (nSPS) is 10.6. The highest BCUT2D eigenvalue weighted by atomic mass is 32.1. The van der Waals surface area contributed by atoms with Crippen molar-refractivity contribution in [1.29, 1.82) is 0 Å². The van der Waals surface area contributed by atoms with Crippen molar-refractivity contribution in [2.24, 2.45) is 0 Å². The summed E-state index contributed by atoms with van der Waals surface area (Å²) in [6.45, 7) is 3.06. The highest BCUT2D eigenvalue weighted by Gasteiger charge is 2.06. The molecule has 2 aromatic rings. The molecule has 1 aromatic heterocycles. The van der Waals surface area contributed by atoms with Crippen LogP contribution in [0.25, 0.3) is 10.2 Å². The Morgan fingerprint density at radius 3 is 3.00 bits per heavy atom. The minimum atomic E-state index is 0.958. The number of hydrogen-bond acceptors (Lipinski definition) is 2. The molecule has 0 saturated carbocycles. The van der Waals surface area contributed by atoms with E-state index in [-0.39, 0.29) is 0 Å². The minimum absolute atomic E-state index is 0.958. The van der Waals surface area contributed by atoms with Crippen LogP contribution in [0.5, 0.6) is 0 Å². The Morgan fingerprint density at radius 2 is 2.27 bits per heavy atom. The van der Waals surface area contributed by atoms with Crippen molar-refractivity contribution < 1.29 is 4.07 Å². The SMILES string of the molecule is CC[n+]1nc2ccccc2s1. The standard InChI is InChI=1S/C8H9N2S/c1-2-10-9-7-5-3-4-6-8(7)11-10/h3-6H,2H2,1H3/q+1. The zero-order valence-electron chi connectivity index (χ0n) is 6.32. The summed E-state index contributed by atoms with van der Waals surface area (Å²) in [5.74, 6) is 0. The molecule has 0 unspecified atom stereocenters. The quantitative estimate of drug-likeness (QED) is 0.586. The third-order valence-electron chi connectivity index (χ3n) is 1.56. The van der Waals surface area contributed by atoms with Crippen LogP contribution < -0.4 is 4.07 Å². The Morgan fingerprint density at radius 1 is 1.45 bits per heavy atom. The average molecular weight is 165 g/mol. The molecule has 1 aromatic carbocycles. The van der Waals surface area contributed by atoms with Crippen LogP contribution in [0.3, 0.4) is 0 Å². The molecule has 0 fully saturated rings. The van der Waals surface area contributed by atoms with Crippen LogP contribution in [0.2, 0.25) is 0 Å². The van der Waals surface area contributed by atoms with Gasteiger partial charge in [0.15, 0.2) is 23.6 Å². The lowest BCUT2D eigenvalue weighted by atomic mass is 10.3. The van der Waals surface area contributed by atoms with Gasteiger partial charge in [-0.15, -0.1) is 0 Å². The van der Waals surface area contributed by atoms with Crippen LogP contribution in [-0.2, 0) is 6.54 Å². The lowest BCUT2D eigenvalue weighted by molar-refractivity contribution is -0.683. The van der Waals surface area contributed by atoms with E-state index >= 15 is 0 Å². The van der Waals surface area contributed by atoms with Gasteiger partial charge in [0.1, 0.15) is 4.70 Å². The number of hydrogen-bond donors (Lipinski definition) is 0. The molecule has 0 atom stereocenters. The molecule has 0 radical (unpaired) electrons. The van der Waals surface area contributed by atoms with E-state index < -0.39 is 0 Å². The van der Waals surface area contributed by atoms with Gasteiger partial charge in [-0.1, -0.05) is 12.1 Å². The van der Waals surface area contributed by atoms with Crippen molar-refractivity contribution in [2.45, 2.75) is 13.5 Å². The lowest BCUT2D eigenvalue weighted by Gasteiger charge is -1.75. The van der Waals surface area contributed by atoms with Crippen molar-refractivity contribution in [1.82, 2.24) is 5.10 Å². The van der Waals surface area contributed by atoms with Crippen LogP contribution in [0.1, 0.15) is 6.92 Å². The van der Waals surface area contributed by atoms with E-state index in [2.05, 4.69) is 18.1 Å². The van der Waals surface area contributed by atoms with E-state index in [9.17, 15) is 0 Å². The monoisotopic (exact) mass is 165 g/mol. The van der Waals surface area contributed by atoms with Gasteiger partial charge in [0.2, 0.25) is 0 Å². The molecular formula is C8H9N2S+. The molecule has 0 amide bonds. The van der Waals surface area contributed by atoms with Crippen molar-refractivity contribution in [2.75, 3.05) is 0 Å². The van der Waals surface area contributed by atoms with Crippen molar-refractivity contribution in [3.05, 3.63) is 24.3 Å². The van der Waals surface area contributed by atoms with Crippen LogP contribution >= 0.6 is 11.5 Å². The van der Waals surface area contributed by atoms with Crippen molar-refractivity contribution in [3.8, 4) is 0 Å². The summed E-state index contributed by atoms with van der Waals surface area (Å²) in [4.78, 5) is 0. The highest BCUT2D eigenvalue weighted by molar-refractivity contribution is 7.09. The molecule has 2 rings (SSSR count). The molecule has 0 bridgehead atoms. The number of rotatable bonds is 1. The summed E-state index contributed by atoms with van der Waals surface area (Å²) in [6.07, 6.45) is 0. The summed E-state index contributed by atoms with van der Waals surface area (Å²) in [6, 6.07) is 8.19. The molecule has 0 saturated heterocycles. The second kappa shape index (κ2) is 2.58. The summed E-state index contributed by atoms with van der Waals surface area (Å²) in [7, 11) is 0. The average Bonchev–Trinajstić information content (AvgIpc) is 2.46. The van der Waals surface area contributed by atoms with Gasteiger partial charge in [-0.3, -0.25) is 0 Å². The van der Waals surface area contributed by atoms with Crippen molar-refractivity contribution >= 4 is 21.7 Å². The smallest absolute Gasteiger partial charge is 0.0605 e. The minimum Gasteiger partial charge on any atom is -0.0605 e. The first-order valence-electron chi connectivity index (χ1n) is 3.66. The van der Waals surface area contributed by atoms with Crippen LogP contribution in [0.15, 0.2) is 24.3 Å². The van der Waals surface area contributed by atoms with Crippen molar-refractivity contribution in [3.63, 3.8) is 0 Å². The fourth-order valence-electron chi connectivity index (χ4n) is 1.01. The fourth-order valence-corrected chi connectivity index (χ4v) is 1.83. The molecule has 2 nitrogen and oxygen atoms in total. The van der Waals surface area contributed by atoms with E-state index in [0.29, 0.717) is 0 Å². The first-order valence-corrected chi connectivity index (χ1v) is 4.43. The second-order valence-corrected chi connectivity index (χ2v) is 3.37. The van der Waals surface area contributed by atoms with Gasteiger partial charge in [0.25, 0.3) is 0 Å². The first-order chi connectivity index (χ1) is 5.40. The van der Waals surface area contributed by atoms with Gasteiger partial charge in [0.05, 0.1) is 0 Å². The number of benzene rings is 1. The summed E-state index contributed by atoms with van der Waals surface area (Å²) < 4.78 is 3.25. The number of aryl methyl sites for hydroxylation is 1. The van der Waals surface area contributed by atoms with Gasteiger partial charge in [-0.25, -0.2) is 0 Å². The van der Waals surface area contributed by atoms with Crippen LogP contribution in [0, 0.1) is 0 Å². The maximum Gasteiger partial charge on any atom is 0.186 e. The summed E-state index contributed by atoms with van der Waals surface area (Å²) >= 11 is 1.70. The number of nitrogens with zero attached hydrogens (tertiary/aromatic N) is 2. The van der Waals surface area contributed by atoms with Gasteiger partial charge in [-0.2, -0.15) is 0 Å². The predicted molar refractivity (Wildman–Crippen MR) is 45.5 cm³/mol. The molecule has 56 valence electrons. The molecule has 0 aliphatic heterocycles. The maximum atomic E-state index is 4.37. The lowest BCUT2D eigenvalue weighted by Crippen LogP contribution is -2.29. The zero-order chi connectivity index (χ0) is 7.68. The Balaban J connectivity index is 2.69. The second-order valence-electron chi connectivity index (χ2n) is 2.33. The van der Waals surface area contributed by atoms with E-state index in [4.69, 9.17) is 0 Å². The summed E-state index contributed by atoms with van der Waals surface area (Å²) in [5.41, 5.74) is 1.10. The topological polar surface area (TPSA) is 16.8 Å². The Bertz CT molecular complexity index is 334. The van der Waals surface area contributed by atoms with Gasteiger partial charge < -0.3 is 0 Å². The Hall–Kier alpha value is -0.960. The molecule has 0 spiro atoms. The van der Waals surface area contributed by atoms with Crippen LogP contribution in [-0.4, -0.2) is 5.10 Å². The maximum absolute atomic E-state index is 4.37.